The van der Waals surface area contributed by atoms with Gasteiger partial charge in [0.25, 0.3) is 0 Å². The number of nitrogens with two attached hydrogens (primary N) is 3. The molecule has 0 bridgehead atoms. The standard InChI is InChI=1S/C38H62N18O6.ClH/c1-3-20-60-22-24-62-25-23-61-21-11-43-36-44-37(53-16-12-51(13-17-53)32(58)28-55-26-30(47-49-55)8-6-10-42-35(40)41)46-38(45-36)54-18-14-52(15-19-54)34(59)33(29(2)57)56-27-31(48-50-56)7-4-5-9-39;/h1,26-27,29,33,57H,4-25,28,39H2,2H3,(H4,40,41,42)(H,43,44,45,46);1H/t29-,33+;/m1./s1. The molecule has 0 aromatic carbocycles. The second-order valence-corrected chi connectivity index (χ2v) is 14.8. The number of unbranched alkanes of at least 4 members (excludes halogenated alkanes) is 1. The summed E-state index contributed by atoms with van der Waals surface area (Å²) in [5, 5.41) is 30.6. The number of nitrogens with one attached hydrogen (secondary N) is 1. The summed E-state index contributed by atoms with van der Waals surface area (Å²) in [6, 6.07) is -0.911. The Kier molecular flexibility index (Phi) is 21.4. The van der Waals surface area contributed by atoms with Crippen LogP contribution in [0.25, 0.3) is 0 Å². The minimum atomic E-state index is -0.987. The van der Waals surface area contributed by atoms with E-state index in [0.29, 0.717) is 142 Å². The average Bonchev–Trinajstić information content (AvgIpc) is 3.93. The number of halogens is 1. The van der Waals surface area contributed by atoms with Gasteiger partial charge in [0.05, 0.1) is 50.5 Å². The molecule has 2 saturated heterocycles. The van der Waals surface area contributed by atoms with E-state index in [9.17, 15) is 14.7 Å². The number of carbonyl (C=O) groups is 2. The van der Waals surface area contributed by atoms with Crippen LogP contribution in [0.4, 0.5) is 17.8 Å². The second-order valence-electron chi connectivity index (χ2n) is 14.8. The van der Waals surface area contributed by atoms with Crippen molar-refractivity contribution in [3.8, 4) is 12.3 Å². The number of aryl methyl sites for hydroxylation is 2. The Labute approximate surface area is 373 Å². The molecule has 5 heterocycles. The van der Waals surface area contributed by atoms with Crippen molar-refractivity contribution in [2.24, 2.45) is 22.2 Å². The lowest BCUT2D eigenvalue weighted by atomic mass is 10.1. The van der Waals surface area contributed by atoms with E-state index >= 15 is 0 Å². The summed E-state index contributed by atoms with van der Waals surface area (Å²) in [4.78, 5) is 53.0. The van der Waals surface area contributed by atoms with Crippen LogP contribution in [-0.2, 0) is 43.2 Å². The number of aliphatic imine (C=N–C) groups is 1. The number of hydrogen-bond acceptors (Lipinski definition) is 18. The molecule has 63 heavy (non-hydrogen) atoms. The van der Waals surface area contributed by atoms with Gasteiger partial charge < -0.3 is 61.4 Å². The topological polar surface area (TPSA) is 298 Å². The summed E-state index contributed by atoms with van der Waals surface area (Å²) < 4.78 is 19.4. The van der Waals surface area contributed by atoms with Gasteiger partial charge in [0.15, 0.2) is 12.0 Å². The zero-order chi connectivity index (χ0) is 44.1. The lowest BCUT2D eigenvalue weighted by molar-refractivity contribution is -0.138. The van der Waals surface area contributed by atoms with Gasteiger partial charge in [0.1, 0.15) is 13.2 Å². The average molecular weight is 903 g/mol. The third-order valence-corrected chi connectivity index (χ3v) is 10.1. The van der Waals surface area contributed by atoms with Crippen LogP contribution >= 0.6 is 12.4 Å². The van der Waals surface area contributed by atoms with Crippen LogP contribution in [0.1, 0.15) is 43.6 Å². The molecule has 348 valence electrons. The fraction of sp³-hybridized carbons (Fsp3) is 0.684. The Morgan fingerprint density at radius 1 is 0.841 bits per heavy atom. The first-order chi connectivity index (χ1) is 30.1. The molecule has 0 unspecified atom stereocenters. The molecule has 3 aromatic rings. The van der Waals surface area contributed by atoms with E-state index in [1.54, 1.807) is 33.8 Å². The van der Waals surface area contributed by atoms with Crippen molar-refractivity contribution >= 4 is 48.0 Å². The number of rotatable bonds is 26. The third kappa shape index (κ3) is 16.3. The van der Waals surface area contributed by atoms with Crippen LogP contribution in [-0.4, -0.2) is 195 Å². The van der Waals surface area contributed by atoms with Crippen LogP contribution in [0.3, 0.4) is 0 Å². The van der Waals surface area contributed by atoms with E-state index in [2.05, 4.69) is 36.9 Å². The highest BCUT2D eigenvalue weighted by molar-refractivity contribution is 5.85. The number of anilines is 3. The lowest BCUT2D eigenvalue weighted by Gasteiger charge is -2.37. The highest BCUT2D eigenvalue weighted by atomic mass is 35.5. The van der Waals surface area contributed by atoms with Crippen LogP contribution in [0, 0.1) is 12.3 Å². The number of ether oxygens (including phenoxy) is 3. The van der Waals surface area contributed by atoms with Gasteiger partial charge in [0.2, 0.25) is 29.7 Å². The lowest BCUT2D eigenvalue weighted by Crippen LogP contribution is -2.52. The van der Waals surface area contributed by atoms with E-state index in [0.717, 1.165) is 24.2 Å². The molecule has 2 aliphatic heterocycles. The van der Waals surface area contributed by atoms with Crippen LogP contribution in [0.15, 0.2) is 17.4 Å². The molecular formula is C38H63ClN18O6. The monoisotopic (exact) mass is 902 g/mol. The van der Waals surface area contributed by atoms with Crippen molar-refractivity contribution in [2.75, 3.05) is 127 Å². The summed E-state index contributed by atoms with van der Waals surface area (Å²) in [7, 11) is 0. The fourth-order valence-electron chi connectivity index (χ4n) is 6.78. The van der Waals surface area contributed by atoms with E-state index in [-0.39, 0.29) is 43.3 Å². The first-order valence-corrected chi connectivity index (χ1v) is 21.1. The number of hydrogen-bond donors (Lipinski definition) is 5. The zero-order valence-corrected chi connectivity index (χ0v) is 36.9. The van der Waals surface area contributed by atoms with Gasteiger partial charge >= 0.3 is 0 Å². The normalized spacial score (nSPS) is 15.1. The quantitative estimate of drug-likeness (QED) is 0.0244. The number of carbonyl (C=O) groups excluding carboxylic acids is 2. The number of aliphatic hydroxyl groups excluding tert-OH is 1. The maximum absolute atomic E-state index is 13.8. The predicted molar refractivity (Wildman–Crippen MR) is 236 cm³/mol. The molecule has 2 atom stereocenters. The first kappa shape index (κ1) is 50.2. The van der Waals surface area contributed by atoms with E-state index in [1.165, 1.54) is 4.68 Å². The molecule has 2 amide bonds. The summed E-state index contributed by atoms with van der Waals surface area (Å²) in [5.74, 6) is 3.44. The van der Waals surface area contributed by atoms with Gasteiger partial charge in [-0.05, 0) is 45.6 Å². The maximum atomic E-state index is 13.8. The number of guanidine groups is 1. The molecular weight excluding hydrogens is 840 g/mol. The smallest absolute Gasteiger partial charge is 0.250 e. The molecule has 25 heteroatoms. The number of terminal acetylenes is 1. The van der Waals surface area contributed by atoms with Crippen molar-refractivity contribution in [3.05, 3.63) is 23.8 Å². The molecule has 2 fully saturated rings. The van der Waals surface area contributed by atoms with Gasteiger partial charge in [-0.2, -0.15) is 15.0 Å². The summed E-state index contributed by atoms with van der Waals surface area (Å²) >= 11 is 0. The second kappa shape index (κ2) is 26.9. The Balaban J connectivity index is 0.00000871. The van der Waals surface area contributed by atoms with Crippen molar-refractivity contribution in [1.29, 1.82) is 0 Å². The van der Waals surface area contributed by atoms with E-state index in [1.807, 2.05) is 9.80 Å². The number of aromatic nitrogens is 9. The van der Waals surface area contributed by atoms with Crippen LogP contribution < -0.4 is 32.3 Å². The van der Waals surface area contributed by atoms with Gasteiger partial charge in [0, 0.05) is 77.8 Å². The largest absolute Gasteiger partial charge is 0.391 e. The Bertz CT molecular complexity index is 1890. The molecule has 0 radical (unpaired) electrons. The molecule has 3 aromatic heterocycles. The molecule has 5 rings (SSSR count). The maximum Gasteiger partial charge on any atom is 0.250 e. The molecule has 0 saturated carbocycles. The molecule has 0 aliphatic carbocycles. The van der Waals surface area contributed by atoms with Gasteiger partial charge in [-0.15, -0.1) is 29.0 Å². The number of piperazine rings is 2. The van der Waals surface area contributed by atoms with Crippen molar-refractivity contribution < 1.29 is 28.9 Å². The fourth-order valence-corrected chi connectivity index (χ4v) is 6.78. The molecule has 2 aliphatic rings. The zero-order valence-electron chi connectivity index (χ0n) is 36.0. The minimum absolute atomic E-state index is 0. The predicted octanol–water partition coefficient (Wildman–Crippen LogP) is -2.32. The third-order valence-electron chi connectivity index (χ3n) is 10.1. The van der Waals surface area contributed by atoms with E-state index < -0.39 is 12.1 Å². The van der Waals surface area contributed by atoms with Gasteiger partial charge in [-0.25, -0.2) is 9.36 Å². The van der Waals surface area contributed by atoms with Gasteiger partial charge in [-0.3, -0.25) is 14.6 Å². The summed E-state index contributed by atoms with van der Waals surface area (Å²) in [6.45, 7) is 9.02. The first-order valence-electron chi connectivity index (χ1n) is 21.1. The number of aliphatic hydroxyl groups is 1. The molecule has 0 spiro atoms. The highest BCUT2D eigenvalue weighted by Crippen LogP contribution is 2.22. The molecule has 8 N–H and O–H groups in total. The SMILES string of the molecule is C#CCOCCOCCOCCNc1nc(N2CCN(C(=O)Cn3cc(CCCN=C(N)N)nn3)CC2)nc(N2CCN(C(=O)[C@H]([C@@H](C)O)n3cc(CCCCN)nn3)CC2)n1.Cl. The highest BCUT2D eigenvalue weighted by Gasteiger charge is 2.34. The summed E-state index contributed by atoms with van der Waals surface area (Å²) in [5.41, 5.74) is 17.9. The molecule has 24 nitrogen and oxygen atoms in total. The van der Waals surface area contributed by atoms with Crippen molar-refractivity contribution in [3.63, 3.8) is 0 Å². The van der Waals surface area contributed by atoms with Crippen molar-refractivity contribution in [2.45, 2.75) is 57.7 Å². The number of amides is 2. The summed E-state index contributed by atoms with van der Waals surface area (Å²) in [6.07, 6.45) is 11.5. The van der Waals surface area contributed by atoms with Crippen molar-refractivity contribution in [1.82, 2.24) is 54.7 Å². The van der Waals surface area contributed by atoms with Crippen LogP contribution in [0.5, 0.6) is 0 Å². The van der Waals surface area contributed by atoms with Gasteiger partial charge in [-0.1, -0.05) is 16.3 Å². The Hall–Kier alpha value is -5.45. The Morgan fingerprint density at radius 2 is 1.44 bits per heavy atom. The number of nitrogens with zero attached hydrogens (tertiary/aromatic N) is 14. The van der Waals surface area contributed by atoms with E-state index in [4.69, 9.17) is 52.8 Å². The Morgan fingerprint density at radius 3 is 2.08 bits per heavy atom. The van der Waals surface area contributed by atoms with Crippen LogP contribution in [0.2, 0.25) is 0 Å². The minimum Gasteiger partial charge on any atom is -0.391 e.